The Morgan fingerprint density at radius 1 is 1.33 bits per heavy atom. The Kier molecular flexibility index (Phi) is 9.19. The van der Waals surface area contributed by atoms with E-state index in [1.807, 2.05) is 0 Å². The number of methoxy groups -OCH3 is 1. The van der Waals surface area contributed by atoms with Crippen LogP contribution in [-0.2, 0) is 9.53 Å². The summed E-state index contributed by atoms with van der Waals surface area (Å²) in [5.74, 6) is 0.806. The van der Waals surface area contributed by atoms with E-state index >= 15 is 0 Å². The molecule has 2 heterocycles. The van der Waals surface area contributed by atoms with Crippen LogP contribution < -0.4 is 10.6 Å². The number of carbonyl (C=O) groups is 1. The smallest absolute Gasteiger partial charge is 0.253 e. The van der Waals surface area contributed by atoms with Crippen LogP contribution in [0.3, 0.4) is 0 Å². The van der Waals surface area contributed by atoms with Crippen LogP contribution in [0.4, 0.5) is 5.82 Å². The monoisotopic (exact) mass is 337 g/mol. The molecule has 1 aliphatic rings. The second-order valence-corrected chi connectivity index (χ2v) is 4.34. The first-order valence-corrected chi connectivity index (χ1v) is 6.29. The summed E-state index contributed by atoms with van der Waals surface area (Å²) in [5.41, 5.74) is 5.51. The van der Waals surface area contributed by atoms with Crippen molar-refractivity contribution in [2.45, 2.75) is 6.10 Å². The zero-order valence-electron chi connectivity index (χ0n) is 11.8. The first kappa shape index (κ1) is 19.9. The summed E-state index contributed by atoms with van der Waals surface area (Å²) in [7, 11) is 1.51. The maximum Gasteiger partial charge on any atom is 0.253 e. The highest BCUT2D eigenvalue weighted by atomic mass is 35.5. The number of ether oxygens (including phenoxy) is 1. The van der Waals surface area contributed by atoms with Gasteiger partial charge in [-0.3, -0.25) is 9.78 Å². The molecule has 120 valence electrons. The summed E-state index contributed by atoms with van der Waals surface area (Å²) in [6.07, 6.45) is 4.51. The van der Waals surface area contributed by atoms with Crippen LogP contribution in [0, 0.1) is 0 Å². The van der Waals surface area contributed by atoms with Gasteiger partial charge in [0.2, 0.25) is 0 Å². The average Bonchev–Trinajstić information content (AvgIpc) is 2.49. The topological polar surface area (TPSA) is 84.6 Å². The summed E-state index contributed by atoms with van der Waals surface area (Å²) >= 11 is 0. The number of nitrogens with zero attached hydrogens (tertiary/aromatic N) is 4. The number of carbonyl (C=O) groups excluding carboxylic acids is 1. The van der Waals surface area contributed by atoms with E-state index in [0.717, 1.165) is 18.9 Å². The molecule has 1 unspecified atom stereocenters. The fourth-order valence-corrected chi connectivity index (χ4v) is 2.11. The summed E-state index contributed by atoms with van der Waals surface area (Å²) in [6.45, 7) is 2.99. The highest BCUT2D eigenvalue weighted by Gasteiger charge is 2.26. The summed E-state index contributed by atoms with van der Waals surface area (Å²) in [4.78, 5) is 24.3. The van der Waals surface area contributed by atoms with Gasteiger partial charge >= 0.3 is 0 Å². The summed E-state index contributed by atoms with van der Waals surface area (Å²) < 4.78 is 5.07. The molecule has 0 spiro atoms. The lowest BCUT2D eigenvalue weighted by Crippen LogP contribution is -2.53. The lowest BCUT2D eigenvalue weighted by Gasteiger charge is -2.36. The molecule has 1 aliphatic heterocycles. The fraction of sp³-hybridized carbons (Fsp3) is 0.583. The molecule has 2 N–H and O–H groups in total. The van der Waals surface area contributed by atoms with Gasteiger partial charge in [-0.2, -0.15) is 0 Å². The zero-order chi connectivity index (χ0) is 13.7. The number of nitrogens with two attached hydrogens (primary N) is 1. The second-order valence-electron chi connectivity index (χ2n) is 4.34. The molecule has 9 heteroatoms. The Morgan fingerprint density at radius 3 is 2.48 bits per heavy atom. The number of hydrogen-bond donors (Lipinski definition) is 1. The van der Waals surface area contributed by atoms with Gasteiger partial charge < -0.3 is 20.3 Å². The van der Waals surface area contributed by atoms with Crippen molar-refractivity contribution in [3.8, 4) is 0 Å². The summed E-state index contributed by atoms with van der Waals surface area (Å²) in [6, 6.07) is 0. The zero-order valence-corrected chi connectivity index (χ0v) is 13.5. The normalized spacial score (nSPS) is 15.7. The van der Waals surface area contributed by atoms with Crippen LogP contribution in [0.5, 0.6) is 0 Å². The standard InChI is InChI=1S/C12H19N5O2.2ClH/c1-19-10(8-13)12(18)17-6-4-16(5-7-17)11-9-14-2-3-15-11;;/h2-3,9-10H,4-8,13H2,1H3;2*1H. The molecule has 7 nitrogen and oxygen atoms in total. The fourth-order valence-electron chi connectivity index (χ4n) is 2.11. The number of anilines is 1. The maximum absolute atomic E-state index is 12.1. The Bertz CT molecular complexity index is 411. The van der Waals surface area contributed by atoms with Crippen LogP contribution in [0.1, 0.15) is 0 Å². The third kappa shape index (κ3) is 4.96. The first-order valence-electron chi connectivity index (χ1n) is 6.29. The minimum Gasteiger partial charge on any atom is -0.370 e. The first-order chi connectivity index (χ1) is 9.26. The third-order valence-corrected chi connectivity index (χ3v) is 3.24. The molecule has 1 fully saturated rings. The van der Waals surface area contributed by atoms with Crippen molar-refractivity contribution < 1.29 is 9.53 Å². The molecule has 0 aliphatic carbocycles. The molecule has 21 heavy (non-hydrogen) atoms. The van der Waals surface area contributed by atoms with Crippen molar-refractivity contribution in [1.82, 2.24) is 14.9 Å². The average molecular weight is 338 g/mol. The second kappa shape index (κ2) is 9.73. The van der Waals surface area contributed by atoms with Gasteiger partial charge in [-0.25, -0.2) is 4.98 Å². The van der Waals surface area contributed by atoms with E-state index in [4.69, 9.17) is 10.5 Å². The number of rotatable bonds is 4. The Labute approximate surface area is 136 Å². The van der Waals surface area contributed by atoms with E-state index in [1.165, 1.54) is 7.11 Å². The molecule has 0 radical (unpaired) electrons. The van der Waals surface area contributed by atoms with Crippen molar-refractivity contribution >= 4 is 36.5 Å². The van der Waals surface area contributed by atoms with Crippen molar-refractivity contribution in [3.05, 3.63) is 18.6 Å². The van der Waals surface area contributed by atoms with Crippen LogP contribution in [0.25, 0.3) is 0 Å². The minimum absolute atomic E-state index is 0. The van der Waals surface area contributed by atoms with Gasteiger partial charge in [0, 0.05) is 52.2 Å². The predicted octanol–water partition coefficient (Wildman–Crippen LogP) is -0.0575. The molecule has 0 aromatic carbocycles. The molecule has 0 bridgehead atoms. The molecular weight excluding hydrogens is 317 g/mol. The van der Waals surface area contributed by atoms with E-state index in [-0.39, 0.29) is 37.3 Å². The van der Waals surface area contributed by atoms with Crippen molar-refractivity contribution in [3.63, 3.8) is 0 Å². The van der Waals surface area contributed by atoms with E-state index < -0.39 is 6.10 Å². The van der Waals surface area contributed by atoms with Crippen molar-refractivity contribution in [2.75, 3.05) is 44.7 Å². The number of amides is 1. The van der Waals surface area contributed by atoms with Gasteiger partial charge in [-0.1, -0.05) is 0 Å². The van der Waals surface area contributed by atoms with E-state index in [1.54, 1.807) is 23.5 Å². The van der Waals surface area contributed by atoms with Gasteiger partial charge in [0.05, 0.1) is 6.20 Å². The van der Waals surface area contributed by atoms with Crippen molar-refractivity contribution in [1.29, 1.82) is 0 Å². The van der Waals surface area contributed by atoms with Crippen molar-refractivity contribution in [2.24, 2.45) is 5.73 Å². The van der Waals surface area contributed by atoms with E-state index in [2.05, 4.69) is 14.9 Å². The molecule has 1 aromatic rings. The third-order valence-electron chi connectivity index (χ3n) is 3.24. The summed E-state index contributed by atoms with van der Waals surface area (Å²) in [5, 5.41) is 0. The van der Waals surface area contributed by atoms with Gasteiger partial charge in [0.1, 0.15) is 11.9 Å². The molecule has 2 rings (SSSR count). The van der Waals surface area contributed by atoms with Crippen LogP contribution >= 0.6 is 24.8 Å². The minimum atomic E-state index is -0.539. The quantitative estimate of drug-likeness (QED) is 0.828. The van der Waals surface area contributed by atoms with Crippen LogP contribution in [-0.4, -0.2) is 66.7 Å². The molecule has 1 aromatic heterocycles. The molecule has 1 atom stereocenters. The lowest BCUT2D eigenvalue weighted by molar-refractivity contribution is -0.141. The number of aromatic nitrogens is 2. The Balaban J connectivity index is 0.00000200. The van der Waals surface area contributed by atoms with Crippen LogP contribution in [0.2, 0.25) is 0 Å². The van der Waals surface area contributed by atoms with Gasteiger partial charge in [-0.05, 0) is 0 Å². The largest absolute Gasteiger partial charge is 0.370 e. The van der Waals surface area contributed by atoms with Gasteiger partial charge in [0.15, 0.2) is 0 Å². The van der Waals surface area contributed by atoms with E-state index in [9.17, 15) is 4.79 Å². The number of hydrogen-bond acceptors (Lipinski definition) is 6. The number of piperazine rings is 1. The Morgan fingerprint density at radius 2 is 2.00 bits per heavy atom. The Hall–Kier alpha value is -1.15. The highest BCUT2D eigenvalue weighted by molar-refractivity contribution is 5.85. The predicted molar refractivity (Wildman–Crippen MR) is 85.2 cm³/mol. The van der Waals surface area contributed by atoms with Crippen LogP contribution in [0.15, 0.2) is 18.6 Å². The van der Waals surface area contributed by atoms with E-state index in [0.29, 0.717) is 13.1 Å². The lowest BCUT2D eigenvalue weighted by atomic mass is 10.2. The molecule has 1 amide bonds. The SMILES string of the molecule is COC(CN)C(=O)N1CCN(c2cnccn2)CC1.Cl.Cl. The van der Waals surface area contributed by atoms with Gasteiger partial charge in [0.25, 0.3) is 5.91 Å². The number of halogens is 2. The highest BCUT2D eigenvalue weighted by Crippen LogP contribution is 2.12. The molecule has 0 saturated carbocycles. The van der Waals surface area contributed by atoms with Gasteiger partial charge in [-0.15, -0.1) is 24.8 Å². The molecule has 1 saturated heterocycles. The maximum atomic E-state index is 12.1. The molecular formula is C12H21Cl2N5O2.